The Morgan fingerprint density at radius 1 is 1.06 bits per heavy atom. The Morgan fingerprint density at radius 2 is 1.79 bits per heavy atom. The number of amides is 1. The number of esters is 1. The Hall–Kier alpha value is -3.88. The Kier molecular flexibility index (Phi) is 7.66. The van der Waals surface area contributed by atoms with Gasteiger partial charge in [0.1, 0.15) is 5.75 Å². The lowest BCUT2D eigenvalue weighted by atomic mass is 10.1. The van der Waals surface area contributed by atoms with Crippen molar-refractivity contribution in [3.63, 3.8) is 0 Å². The fourth-order valence-electron chi connectivity index (χ4n) is 3.50. The van der Waals surface area contributed by atoms with Gasteiger partial charge in [0, 0.05) is 32.1 Å². The number of rotatable bonds is 9. The average molecular weight is 453 g/mol. The first-order valence-electron chi connectivity index (χ1n) is 10.7. The van der Waals surface area contributed by atoms with E-state index in [1.165, 1.54) is 10.6 Å². The van der Waals surface area contributed by atoms with Crippen LogP contribution in [0.3, 0.4) is 0 Å². The second kappa shape index (κ2) is 10.6. The molecule has 0 aliphatic carbocycles. The molecule has 3 aromatic rings. The van der Waals surface area contributed by atoms with Crippen molar-refractivity contribution in [2.24, 2.45) is 7.05 Å². The van der Waals surface area contributed by atoms with Crippen LogP contribution in [-0.2, 0) is 29.7 Å². The maximum Gasteiger partial charge on any atom is 0.331 e. The maximum absolute atomic E-state index is 13.0. The number of methoxy groups -OCH3 is 1. The first-order chi connectivity index (χ1) is 15.8. The molecule has 1 heterocycles. The summed E-state index contributed by atoms with van der Waals surface area (Å²) in [5.41, 5.74) is 0.661. The standard InChI is InChI=1S/C24H27N3O6/c1-4-33-21(28)6-5-13-27-23(30)19-14-17(9-12-20(19)26(2)24(27)31)22(29)25-15-16-7-10-18(32-3)11-8-16/h7-12,14H,4-6,13,15H2,1-3H3,(H,25,29). The molecule has 9 heteroatoms. The van der Waals surface area contributed by atoms with Crippen molar-refractivity contribution in [3.05, 3.63) is 74.4 Å². The Morgan fingerprint density at radius 3 is 2.45 bits per heavy atom. The molecule has 0 aliphatic heterocycles. The van der Waals surface area contributed by atoms with Crippen molar-refractivity contribution in [1.82, 2.24) is 14.5 Å². The lowest BCUT2D eigenvalue weighted by molar-refractivity contribution is -0.143. The summed E-state index contributed by atoms with van der Waals surface area (Å²) in [5, 5.41) is 3.08. The number of fused-ring (bicyclic) bond motifs is 1. The first kappa shape index (κ1) is 23.8. The number of aromatic nitrogens is 2. The number of carbonyl (C=O) groups excluding carboxylic acids is 2. The van der Waals surface area contributed by atoms with Gasteiger partial charge in [0.2, 0.25) is 0 Å². The molecule has 9 nitrogen and oxygen atoms in total. The minimum atomic E-state index is -0.498. The fraction of sp³-hybridized carbons (Fsp3) is 0.333. The number of hydrogen-bond donors (Lipinski definition) is 1. The van der Waals surface area contributed by atoms with Gasteiger partial charge in [-0.2, -0.15) is 0 Å². The number of ether oxygens (including phenoxy) is 2. The third-order valence-corrected chi connectivity index (χ3v) is 5.29. The van der Waals surface area contributed by atoms with Crippen molar-refractivity contribution in [2.75, 3.05) is 13.7 Å². The van der Waals surface area contributed by atoms with Crippen LogP contribution in [0.15, 0.2) is 52.1 Å². The third kappa shape index (κ3) is 5.49. The number of carbonyl (C=O) groups is 2. The molecule has 33 heavy (non-hydrogen) atoms. The van der Waals surface area contributed by atoms with Crippen molar-refractivity contribution >= 4 is 22.8 Å². The van der Waals surface area contributed by atoms with E-state index < -0.39 is 11.2 Å². The van der Waals surface area contributed by atoms with Crippen molar-refractivity contribution in [1.29, 1.82) is 0 Å². The quantitative estimate of drug-likeness (QED) is 0.497. The summed E-state index contributed by atoms with van der Waals surface area (Å²) in [5.74, 6) is 0.0116. The Balaban J connectivity index is 1.81. The monoisotopic (exact) mass is 453 g/mol. The fourth-order valence-corrected chi connectivity index (χ4v) is 3.50. The number of nitrogens with zero attached hydrogens (tertiary/aromatic N) is 2. The van der Waals surface area contributed by atoms with Crippen molar-refractivity contribution in [2.45, 2.75) is 32.9 Å². The van der Waals surface area contributed by atoms with E-state index in [1.807, 2.05) is 24.3 Å². The summed E-state index contributed by atoms with van der Waals surface area (Å²) in [6.07, 6.45) is 0.400. The van der Waals surface area contributed by atoms with Gasteiger partial charge in [-0.15, -0.1) is 0 Å². The zero-order chi connectivity index (χ0) is 24.0. The smallest absolute Gasteiger partial charge is 0.331 e. The van der Waals surface area contributed by atoms with E-state index in [2.05, 4.69) is 5.32 Å². The van der Waals surface area contributed by atoms with Gasteiger partial charge in [-0.1, -0.05) is 12.1 Å². The highest BCUT2D eigenvalue weighted by atomic mass is 16.5. The van der Waals surface area contributed by atoms with Crippen molar-refractivity contribution < 1.29 is 19.1 Å². The van der Waals surface area contributed by atoms with Crippen LogP contribution in [0.2, 0.25) is 0 Å². The second-order valence-corrected chi connectivity index (χ2v) is 7.47. The molecule has 0 bridgehead atoms. The zero-order valence-corrected chi connectivity index (χ0v) is 18.9. The summed E-state index contributed by atoms with van der Waals surface area (Å²) in [4.78, 5) is 49.9. The van der Waals surface area contributed by atoms with Gasteiger partial charge in [-0.25, -0.2) is 4.79 Å². The Labute approximate surface area is 190 Å². The third-order valence-electron chi connectivity index (χ3n) is 5.29. The summed E-state index contributed by atoms with van der Waals surface area (Å²) in [7, 11) is 3.15. The molecule has 1 N–H and O–H groups in total. The van der Waals surface area contributed by atoms with E-state index in [4.69, 9.17) is 9.47 Å². The highest BCUT2D eigenvalue weighted by Gasteiger charge is 2.14. The van der Waals surface area contributed by atoms with Gasteiger partial charge >= 0.3 is 11.7 Å². The molecular weight excluding hydrogens is 426 g/mol. The van der Waals surface area contributed by atoms with E-state index in [1.54, 1.807) is 33.2 Å². The van der Waals surface area contributed by atoms with Gasteiger partial charge in [0.05, 0.1) is 24.6 Å². The van der Waals surface area contributed by atoms with Crippen LogP contribution in [-0.4, -0.2) is 34.7 Å². The van der Waals surface area contributed by atoms with Gasteiger partial charge in [-0.05, 0) is 49.2 Å². The first-order valence-corrected chi connectivity index (χ1v) is 10.7. The van der Waals surface area contributed by atoms with Crippen LogP contribution >= 0.6 is 0 Å². The molecule has 1 aromatic heterocycles. The van der Waals surface area contributed by atoms with Crippen LogP contribution in [0.25, 0.3) is 10.9 Å². The molecule has 0 unspecified atom stereocenters. The van der Waals surface area contributed by atoms with E-state index in [-0.39, 0.29) is 36.8 Å². The van der Waals surface area contributed by atoms with Gasteiger partial charge in [0.15, 0.2) is 0 Å². The second-order valence-electron chi connectivity index (χ2n) is 7.47. The van der Waals surface area contributed by atoms with Gasteiger partial charge in [0.25, 0.3) is 11.5 Å². The van der Waals surface area contributed by atoms with E-state index in [9.17, 15) is 19.2 Å². The molecular formula is C24H27N3O6. The molecule has 2 aromatic carbocycles. The summed E-state index contributed by atoms with van der Waals surface area (Å²) < 4.78 is 12.5. The lowest BCUT2D eigenvalue weighted by Crippen LogP contribution is -2.39. The minimum absolute atomic E-state index is 0.0775. The van der Waals surface area contributed by atoms with Crippen LogP contribution in [0.1, 0.15) is 35.7 Å². The summed E-state index contributed by atoms with van der Waals surface area (Å²) in [6.45, 7) is 2.38. The van der Waals surface area contributed by atoms with Crippen LogP contribution in [0.4, 0.5) is 0 Å². The number of nitrogens with one attached hydrogen (secondary N) is 1. The highest BCUT2D eigenvalue weighted by molar-refractivity contribution is 5.97. The van der Waals surface area contributed by atoms with Crippen LogP contribution < -0.4 is 21.3 Å². The van der Waals surface area contributed by atoms with E-state index >= 15 is 0 Å². The molecule has 0 atom stereocenters. The molecule has 0 aliphatic rings. The SMILES string of the molecule is CCOC(=O)CCCn1c(=O)c2cc(C(=O)NCc3ccc(OC)cc3)ccc2n(C)c1=O. The topological polar surface area (TPSA) is 109 Å². The molecule has 0 saturated heterocycles. The van der Waals surface area contributed by atoms with Crippen LogP contribution in [0.5, 0.6) is 5.75 Å². The molecule has 0 radical (unpaired) electrons. The lowest BCUT2D eigenvalue weighted by Gasteiger charge is -2.12. The molecule has 174 valence electrons. The Bertz CT molecular complexity index is 1270. The normalized spacial score (nSPS) is 10.8. The van der Waals surface area contributed by atoms with Gasteiger partial charge < -0.3 is 14.8 Å². The van der Waals surface area contributed by atoms with E-state index in [0.717, 1.165) is 15.9 Å². The molecule has 0 spiro atoms. The molecule has 3 rings (SSSR count). The molecule has 0 saturated carbocycles. The largest absolute Gasteiger partial charge is 0.497 e. The highest BCUT2D eigenvalue weighted by Crippen LogP contribution is 2.13. The van der Waals surface area contributed by atoms with Crippen LogP contribution in [0, 0.1) is 0 Å². The maximum atomic E-state index is 13.0. The summed E-state index contributed by atoms with van der Waals surface area (Å²) in [6, 6.07) is 12.0. The number of benzene rings is 2. The predicted molar refractivity (Wildman–Crippen MR) is 123 cm³/mol. The van der Waals surface area contributed by atoms with Gasteiger partial charge in [-0.3, -0.25) is 23.5 Å². The molecule has 0 fully saturated rings. The minimum Gasteiger partial charge on any atom is -0.497 e. The molecule has 1 amide bonds. The van der Waals surface area contributed by atoms with Crippen molar-refractivity contribution in [3.8, 4) is 5.75 Å². The number of hydrogen-bond acceptors (Lipinski definition) is 6. The summed E-state index contributed by atoms with van der Waals surface area (Å²) >= 11 is 0. The average Bonchev–Trinajstić information content (AvgIpc) is 2.83. The van der Waals surface area contributed by atoms with E-state index in [0.29, 0.717) is 24.0 Å². The predicted octanol–water partition coefficient (Wildman–Crippen LogP) is 1.98. The number of aryl methyl sites for hydroxylation is 1. The zero-order valence-electron chi connectivity index (χ0n) is 18.9.